The zero-order valence-electron chi connectivity index (χ0n) is 11.7. The molecule has 1 heterocycles. The van der Waals surface area contributed by atoms with Crippen LogP contribution in [0.4, 0.5) is 0 Å². The van der Waals surface area contributed by atoms with E-state index in [0.717, 1.165) is 25.4 Å². The lowest BCUT2D eigenvalue weighted by molar-refractivity contribution is 0.138. The van der Waals surface area contributed by atoms with Crippen molar-refractivity contribution in [3.63, 3.8) is 0 Å². The summed E-state index contributed by atoms with van der Waals surface area (Å²) in [4.78, 5) is 2.58. The highest BCUT2D eigenvalue weighted by Gasteiger charge is 2.23. The second-order valence-corrected chi connectivity index (χ2v) is 5.09. The van der Waals surface area contributed by atoms with E-state index in [1.165, 1.54) is 24.1 Å². The molecular weight excluding hydrogens is 224 g/mol. The molecule has 3 nitrogen and oxygen atoms in total. The van der Waals surface area contributed by atoms with Crippen molar-refractivity contribution >= 4 is 0 Å². The summed E-state index contributed by atoms with van der Waals surface area (Å²) >= 11 is 0. The fraction of sp³-hybridized carbons (Fsp3) is 0.600. The molecule has 3 heteroatoms. The second-order valence-electron chi connectivity index (χ2n) is 5.09. The third kappa shape index (κ3) is 3.03. The number of benzene rings is 1. The van der Waals surface area contributed by atoms with Crippen molar-refractivity contribution in [2.45, 2.75) is 32.9 Å². The molecular formula is C15H24N2O. The molecule has 0 atom stereocenters. The van der Waals surface area contributed by atoms with Crippen molar-refractivity contribution in [2.24, 2.45) is 0 Å². The Bertz CT molecular complexity index is 388. The molecule has 0 aliphatic carbocycles. The van der Waals surface area contributed by atoms with Crippen LogP contribution in [0.15, 0.2) is 18.2 Å². The Hall–Kier alpha value is -1.06. The highest BCUT2D eigenvalue weighted by molar-refractivity contribution is 5.36. The molecule has 1 aliphatic rings. The average Bonchev–Trinajstić information content (AvgIpc) is 2.27. The maximum atomic E-state index is 5.31. The Morgan fingerprint density at radius 3 is 2.67 bits per heavy atom. The number of nitrogens with one attached hydrogen (secondary N) is 1. The van der Waals surface area contributed by atoms with Crippen LogP contribution in [0.1, 0.15) is 24.5 Å². The Morgan fingerprint density at radius 1 is 1.39 bits per heavy atom. The molecule has 0 spiro atoms. The summed E-state index contributed by atoms with van der Waals surface area (Å²) in [7, 11) is 1.73. The highest BCUT2D eigenvalue weighted by Crippen LogP contribution is 2.20. The van der Waals surface area contributed by atoms with Gasteiger partial charge in [-0.15, -0.1) is 0 Å². The van der Waals surface area contributed by atoms with Crippen LogP contribution in [0.25, 0.3) is 0 Å². The first-order valence-corrected chi connectivity index (χ1v) is 6.83. The van der Waals surface area contributed by atoms with E-state index >= 15 is 0 Å². The summed E-state index contributed by atoms with van der Waals surface area (Å²) in [5.41, 5.74) is 2.60. The summed E-state index contributed by atoms with van der Waals surface area (Å²) in [5.74, 6) is 0.978. The Balaban J connectivity index is 2.03. The smallest absolute Gasteiger partial charge is 0.121 e. The van der Waals surface area contributed by atoms with Gasteiger partial charge in [0.1, 0.15) is 5.75 Å². The van der Waals surface area contributed by atoms with Gasteiger partial charge in [0.05, 0.1) is 7.11 Å². The Kier molecular flexibility index (Phi) is 4.61. The molecule has 0 saturated carbocycles. The monoisotopic (exact) mass is 248 g/mol. The van der Waals surface area contributed by atoms with Gasteiger partial charge >= 0.3 is 0 Å². The summed E-state index contributed by atoms with van der Waals surface area (Å²) in [6.45, 7) is 8.85. The van der Waals surface area contributed by atoms with Crippen LogP contribution in [-0.4, -0.2) is 37.7 Å². The van der Waals surface area contributed by atoms with E-state index in [4.69, 9.17) is 4.74 Å². The van der Waals surface area contributed by atoms with Crippen LogP contribution in [0.5, 0.6) is 5.75 Å². The molecule has 1 saturated heterocycles. The van der Waals surface area contributed by atoms with Crippen molar-refractivity contribution < 1.29 is 4.74 Å². The summed E-state index contributed by atoms with van der Waals surface area (Å²) in [6, 6.07) is 7.22. The number of methoxy groups -OCH3 is 1. The first kappa shape index (κ1) is 13.4. The van der Waals surface area contributed by atoms with Gasteiger partial charge in [-0.25, -0.2) is 0 Å². The van der Waals surface area contributed by atoms with Crippen molar-refractivity contribution in [1.82, 2.24) is 10.2 Å². The lowest BCUT2D eigenvalue weighted by Gasteiger charge is -2.38. The van der Waals surface area contributed by atoms with Gasteiger partial charge in [-0.05, 0) is 37.1 Å². The molecule has 100 valence electrons. The lowest BCUT2D eigenvalue weighted by Crippen LogP contribution is -2.56. The van der Waals surface area contributed by atoms with Crippen LogP contribution in [0.3, 0.4) is 0 Å². The van der Waals surface area contributed by atoms with Crippen LogP contribution < -0.4 is 10.1 Å². The number of nitrogens with zero attached hydrogens (tertiary/aromatic N) is 1. The minimum atomic E-state index is 0.715. The third-order valence-corrected chi connectivity index (χ3v) is 3.63. The molecule has 0 bridgehead atoms. The molecule has 1 aromatic carbocycles. The predicted molar refractivity (Wildman–Crippen MR) is 75.1 cm³/mol. The molecule has 1 fully saturated rings. The second kappa shape index (κ2) is 6.21. The molecule has 0 radical (unpaired) electrons. The van der Waals surface area contributed by atoms with Gasteiger partial charge in [0.15, 0.2) is 0 Å². The normalized spacial score (nSPS) is 15.8. The van der Waals surface area contributed by atoms with E-state index in [2.05, 4.69) is 42.3 Å². The van der Waals surface area contributed by atoms with E-state index in [-0.39, 0.29) is 0 Å². The van der Waals surface area contributed by atoms with E-state index in [1.54, 1.807) is 7.11 Å². The maximum Gasteiger partial charge on any atom is 0.121 e. The van der Waals surface area contributed by atoms with Gasteiger partial charge in [0.25, 0.3) is 0 Å². The first-order chi connectivity index (χ1) is 8.74. The lowest BCUT2D eigenvalue weighted by atomic mass is 10.1. The van der Waals surface area contributed by atoms with Crippen LogP contribution in [-0.2, 0) is 6.54 Å². The van der Waals surface area contributed by atoms with Gasteiger partial charge in [0.2, 0.25) is 0 Å². The predicted octanol–water partition coefficient (Wildman–Crippen LogP) is 2.19. The van der Waals surface area contributed by atoms with E-state index < -0.39 is 0 Å². The number of aryl methyl sites for hydroxylation is 1. The van der Waals surface area contributed by atoms with Gasteiger partial charge in [-0.1, -0.05) is 19.1 Å². The minimum absolute atomic E-state index is 0.715. The maximum absolute atomic E-state index is 5.31. The zero-order valence-corrected chi connectivity index (χ0v) is 11.7. The number of ether oxygens (including phenoxy) is 1. The molecule has 1 N–H and O–H groups in total. The Morgan fingerprint density at radius 2 is 2.17 bits per heavy atom. The first-order valence-electron chi connectivity index (χ1n) is 6.83. The molecule has 0 amide bonds. The van der Waals surface area contributed by atoms with Crippen LogP contribution in [0.2, 0.25) is 0 Å². The highest BCUT2D eigenvalue weighted by atomic mass is 16.5. The summed E-state index contributed by atoms with van der Waals surface area (Å²) in [6.07, 6.45) is 1.21. The van der Waals surface area contributed by atoms with Crippen molar-refractivity contribution in [3.05, 3.63) is 29.3 Å². The fourth-order valence-electron chi connectivity index (χ4n) is 2.48. The van der Waals surface area contributed by atoms with Gasteiger partial charge < -0.3 is 10.1 Å². The zero-order chi connectivity index (χ0) is 13.0. The summed E-state index contributed by atoms with van der Waals surface area (Å²) in [5, 5.41) is 3.35. The van der Waals surface area contributed by atoms with Crippen LogP contribution >= 0.6 is 0 Å². The van der Waals surface area contributed by atoms with Gasteiger partial charge in [-0.2, -0.15) is 0 Å². The van der Waals surface area contributed by atoms with Gasteiger partial charge in [0, 0.05) is 25.7 Å². The molecule has 1 aliphatic heterocycles. The molecule has 0 unspecified atom stereocenters. The molecule has 2 rings (SSSR count). The number of rotatable bonds is 6. The quantitative estimate of drug-likeness (QED) is 0.835. The average molecular weight is 248 g/mol. The van der Waals surface area contributed by atoms with Gasteiger partial charge in [-0.3, -0.25) is 4.90 Å². The standard InChI is InChI=1S/C15H24N2O/c1-4-7-17(14-9-16-10-14)11-13-5-6-15(18-3)12(2)8-13/h5-6,8,14,16H,4,7,9-11H2,1-3H3. The SMILES string of the molecule is CCCN(Cc1ccc(OC)c(C)c1)C1CNC1. The van der Waals surface area contributed by atoms with E-state index in [0.29, 0.717) is 6.04 Å². The van der Waals surface area contributed by atoms with Crippen molar-refractivity contribution in [1.29, 1.82) is 0 Å². The largest absolute Gasteiger partial charge is 0.496 e. The van der Waals surface area contributed by atoms with E-state index in [9.17, 15) is 0 Å². The number of hydrogen-bond donors (Lipinski definition) is 1. The third-order valence-electron chi connectivity index (χ3n) is 3.63. The summed E-state index contributed by atoms with van der Waals surface area (Å²) < 4.78 is 5.31. The molecule has 1 aromatic rings. The minimum Gasteiger partial charge on any atom is -0.496 e. The van der Waals surface area contributed by atoms with Crippen molar-refractivity contribution in [3.8, 4) is 5.75 Å². The van der Waals surface area contributed by atoms with Crippen molar-refractivity contribution in [2.75, 3.05) is 26.7 Å². The van der Waals surface area contributed by atoms with E-state index in [1.807, 2.05) is 0 Å². The topological polar surface area (TPSA) is 24.5 Å². The van der Waals surface area contributed by atoms with Crippen LogP contribution in [0, 0.1) is 6.92 Å². The fourth-order valence-corrected chi connectivity index (χ4v) is 2.48. The molecule has 18 heavy (non-hydrogen) atoms. The molecule has 0 aromatic heterocycles. The Labute approximate surface area is 110 Å². The number of hydrogen-bond acceptors (Lipinski definition) is 3.